The first kappa shape index (κ1) is 27.4. The van der Waals surface area contributed by atoms with Gasteiger partial charge in [0, 0.05) is 13.1 Å². The van der Waals surface area contributed by atoms with Gasteiger partial charge >= 0.3 is 12.1 Å². The van der Waals surface area contributed by atoms with E-state index in [1.54, 1.807) is 35.7 Å². The number of unbranched alkanes of at least 4 members (excludes halogenated alkanes) is 1. The molecule has 1 heterocycles. The van der Waals surface area contributed by atoms with Crippen molar-refractivity contribution in [3.63, 3.8) is 0 Å². The monoisotopic (exact) mass is 530 g/mol. The summed E-state index contributed by atoms with van der Waals surface area (Å²) in [6.07, 6.45) is 0.348. The Bertz CT molecular complexity index is 1220. The quantitative estimate of drug-likeness (QED) is 0.305. The minimum atomic E-state index is -4.07. The van der Waals surface area contributed by atoms with Crippen molar-refractivity contribution < 1.29 is 27.9 Å². The average Bonchev–Trinajstić information content (AvgIpc) is 3.43. The van der Waals surface area contributed by atoms with E-state index in [4.69, 9.17) is 4.74 Å². The van der Waals surface area contributed by atoms with Crippen LogP contribution in [0.5, 0.6) is 0 Å². The van der Waals surface area contributed by atoms with E-state index in [-0.39, 0.29) is 30.3 Å². The van der Waals surface area contributed by atoms with Crippen molar-refractivity contribution in [3.05, 3.63) is 89.3 Å². The number of sulfonamides is 1. The average molecular weight is 531 g/mol. The summed E-state index contributed by atoms with van der Waals surface area (Å²) in [7, 11) is -4.07. The molecule has 0 aliphatic heterocycles. The molecule has 36 heavy (non-hydrogen) atoms. The topological polar surface area (TPSA) is 113 Å². The highest BCUT2D eigenvalue weighted by Crippen LogP contribution is 2.33. The number of carboxylic acids is 1. The standard InChI is InChI=1S/C26H30N2O6S2/c1-26(24(29)30,16-8-9-17-27-25(31)34-20-22-13-6-3-7-14-22)28(19-21-11-4-2-5-12-21)36(32,33)23-15-10-18-35-23/h2-7,10-15,18H,8-9,16-17,19-20H2,1H3,(H,27,31)(H,29,30)/t26-/m0/s1. The summed E-state index contributed by atoms with van der Waals surface area (Å²) < 4.78 is 33.4. The van der Waals surface area contributed by atoms with Gasteiger partial charge in [0.05, 0.1) is 0 Å². The number of carboxylic acid groups (broad SMARTS) is 1. The molecule has 1 atom stereocenters. The molecule has 0 spiro atoms. The van der Waals surface area contributed by atoms with Gasteiger partial charge in [-0.1, -0.05) is 66.7 Å². The molecular formula is C26H30N2O6S2. The number of carbonyl (C=O) groups excluding carboxylic acids is 1. The molecule has 3 rings (SSSR count). The largest absolute Gasteiger partial charge is 0.480 e. The molecule has 0 aliphatic carbocycles. The van der Waals surface area contributed by atoms with Crippen LogP contribution in [-0.4, -0.2) is 42.0 Å². The summed E-state index contributed by atoms with van der Waals surface area (Å²) in [4.78, 5) is 24.4. The molecule has 8 nitrogen and oxygen atoms in total. The maximum absolute atomic E-state index is 13.5. The van der Waals surface area contributed by atoms with Crippen molar-refractivity contribution in [3.8, 4) is 0 Å². The molecule has 10 heteroatoms. The van der Waals surface area contributed by atoms with Crippen molar-refractivity contribution in [1.82, 2.24) is 9.62 Å². The molecule has 0 radical (unpaired) electrons. The number of hydrogen-bond acceptors (Lipinski definition) is 6. The SMILES string of the molecule is C[C@](CCCCNC(=O)OCc1ccccc1)(C(=O)O)N(Cc1ccccc1)S(=O)(=O)c1cccs1. The minimum absolute atomic E-state index is 0.0700. The molecular weight excluding hydrogens is 500 g/mol. The number of rotatable bonds is 13. The number of thiophene rings is 1. The number of aliphatic carboxylic acids is 1. The van der Waals surface area contributed by atoms with Gasteiger partial charge in [-0.2, -0.15) is 4.31 Å². The lowest BCUT2D eigenvalue weighted by molar-refractivity contribution is -0.148. The van der Waals surface area contributed by atoms with Crippen LogP contribution < -0.4 is 5.32 Å². The normalized spacial score (nSPS) is 13.2. The van der Waals surface area contributed by atoms with Crippen molar-refractivity contribution in [1.29, 1.82) is 0 Å². The smallest absolute Gasteiger partial charge is 0.407 e. The van der Waals surface area contributed by atoms with Crippen molar-refractivity contribution in [2.45, 2.75) is 49.1 Å². The van der Waals surface area contributed by atoms with Crippen LogP contribution in [0.25, 0.3) is 0 Å². The third-order valence-corrected chi connectivity index (χ3v) is 9.13. The van der Waals surface area contributed by atoms with Crippen molar-refractivity contribution >= 4 is 33.4 Å². The van der Waals surface area contributed by atoms with E-state index in [0.29, 0.717) is 18.4 Å². The highest BCUT2D eigenvalue weighted by Gasteiger charge is 2.46. The predicted octanol–water partition coefficient (Wildman–Crippen LogP) is 4.88. The highest BCUT2D eigenvalue weighted by atomic mass is 32.2. The molecule has 2 aromatic carbocycles. The van der Waals surface area contributed by atoms with E-state index in [9.17, 15) is 23.1 Å². The fourth-order valence-electron chi connectivity index (χ4n) is 3.69. The van der Waals surface area contributed by atoms with Crippen LogP contribution in [0.4, 0.5) is 4.79 Å². The van der Waals surface area contributed by atoms with Gasteiger partial charge in [-0.25, -0.2) is 13.2 Å². The van der Waals surface area contributed by atoms with Crippen LogP contribution >= 0.6 is 11.3 Å². The van der Waals surface area contributed by atoms with Crippen LogP contribution in [0.2, 0.25) is 0 Å². The fourth-order valence-corrected chi connectivity index (χ4v) is 6.55. The Morgan fingerprint density at radius 3 is 2.19 bits per heavy atom. The lowest BCUT2D eigenvalue weighted by atomic mass is 9.94. The number of amides is 1. The first-order chi connectivity index (χ1) is 17.2. The molecule has 0 saturated heterocycles. The summed E-state index contributed by atoms with van der Waals surface area (Å²) in [5.41, 5.74) is -0.129. The Labute approximate surface area is 215 Å². The van der Waals surface area contributed by atoms with Gasteiger partial charge in [0.25, 0.3) is 10.0 Å². The van der Waals surface area contributed by atoms with E-state index < -0.39 is 27.6 Å². The number of alkyl carbamates (subject to hydrolysis) is 1. The maximum Gasteiger partial charge on any atom is 0.407 e. The minimum Gasteiger partial charge on any atom is -0.480 e. The zero-order valence-corrected chi connectivity index (χ0v) is 21.6. The van der Waals surface area contributed by atoms with Crippen LogP contribution in [0, 0.1) is 0 Å². The summed E-state index contributed by atoms with van der Waals surface area (Å²) in [5.74, 6) is -1.23. The van der Waals surface area contributed by atoms with Gasteiger partial charge in [-0.3, -0.25) is 4.79 Å². The molecule has 0 fully saturated rings. The summed E-state index contributed by atoms with van der Waals surface area (Å²) in [6.45, 7) is 1.79. The van der Waals surface area contributed by atoms with Crippen LogP contribution in [0.1, 0.15) is 37.3 Å². The molecule has 0 aliphatic rings. The van der Waals surface area contributed by atoms with Crippen molar-refractivity contribution in [2.75, 3.05) is 6.54 Å². The van der Waals surface area contributed by atoms with E-state index in [0.717, 1.165) is 21.2 Å². The van der Waals surface area contributed by atoms with E-state index >= 15 is 0 Å². The highest BCUT2D eigenvalue weighted by molar-refractivity contribution is 7.91. The molecule has 0 bridgehead atoms. The van der Waals surface area contributed by atoms with Crippen LogP contribution in [0.3, 0.4) is 0 Å². The molecule has 2 N–H and O–H groups in total. The van der Waals surface area contributed by atoms with Gasteiger partial charge in [0.1, 0.15) is 16.4 Å². The molecule has 1 aromatic heterocycles. The fraction of sp³-hybridized carbons (Fsp3) is 0.308. The molecule has 0 saturated carbocycles. The Hall–Kier alpha value is -3.21. The first-order valence-electron chi connectivity index (χ1n) is 11.5. The summed E-state index contributed by atoms with van der Waals surface area (Å²) >= 11 is 1.05. The third-order valence-electron chi connectivity index (χ3n) is 5.79. The van der Waals surface area contributed by atoms with Crippen molar-refractivity contribution in [2.24, 2.45) is 0 Å². The second kappa shape index (κ2) is 12.7. The zero-order valence-electron chi connectivity index (χ0n) is 20.0. The zero-order chi connectivity index (χ0) is 26.0. The second-order valence-corrected chi connectivity index (χ2v) is 11.5. The Morgan fingerprint density at radius 2 is 1.61 bits per heavy atom. The third kappa shape index (κ3) is 7.16. The van der Waals surface area contributed by atoms with Gasteiger partial charge < -0.3 is 15.2 Å². The van der Waals surface area contributed by atoms with Crippen LogP contribution in [-0.2, 0) is 32.7 Å². The Morgan fingerprint density at radius 1 is 0.972 bits per heavy atom. The second-order valence-electron chi connectivity index (χ2n) is 8.45. The summed E-state index contributed by atoms with van der Waals surface area (Å²) in [5, 5.41) is 14.5. The number of nitrogens with zero attached hydrogens (tertiary/aromatic N) is 1. The van der Waals surface area contributed by atoms with Gasteiger partial charge in [0.2, 0.25) is 0 Å². The molecule has 0 unspecified atom stereocenters. The van der Waals surface area contributed by atoms with E-state index in [1.165, 1.54) is 13.0 Å². The Kier molecular flexibility index (Phi) is 9.63. The van der Waals surface area contributed by atoms with Gasteiger partial charge in [0.15, 0.2) is 0 Å². The molecule has 192 valence electrons. The maximum atomic E-state index is 13.5. The Balaban J connectivity index is 1.64. The predicted molar refractivity (Wildman–Crippen MR) is 138 cm³/mol. The van der Waals surface area contributed by atoms with Crippen LogP contribution in [0.15, 0.2) is 82.4 Å². The van der Waals surface area contributed by atoms with E-state index in [1.807, 2.05) is 36.4 Å². The number of benzene rings is 2. The van der Waals surface area contributed by atoms with Gasteiger partial charge in [-0.05, 0) is 48.8 Å². The van der Waals surface area contributed by atoms with E-state index in [2.05, 4.69) is 5.32 Å². The number of nitrogens with one attached hydrogen (secondary N) is 1. The lowest BCUT2D eigenvalue weighted by Crippen LogP contribution is -2.54. The molecule has 3 aromatic rings. The number of carbonyl (C=O) groups is 2. The van der Waals surface area contributed by atoms with Gasteiger partial charge in [-0.15, -0.1) is 11.3 Å². The molecule has 1 amide bonds. The number of hydrogen-bond donors (Lipinski definition) is 2. The summed E-state index contributed by atoms with van der Waals surface area (Å²) in [6, 6.07) is 21.3. The first-order valence-corrected chi connectivity index (χ1v) is 13.8. The number of ether oxygens (including phenoxy) is 1. The lowest BCUT2D eigenvalue weighted by Gasteiger charge is -2.36.